The van der Waals surface area contributed by atoms with E-state index < -0.39 is 5.60 Å². The molecule has 0 aliphatic heterocycles. The second-order valence-electron chi connectivity index (χ2n) is 3.29. The number of carbonyl (C=O) groups excluding carboxylic acids is 1. The zero-order chi connectivity index (χ0) is 9.78. The van der Waals surface area contributed by atoms with Gasteiger partial charge in [-0.25, -0.2) is 0 Å². The number of esters is 1. The summed E-state index contributed by atoms with van der Waals surface area (Å²) >= 11 is 0. The summed E-state index contributed by atoms with van der Waals surface area (Å²) in [4.78, 5) is 11.2. The molecule has 12 heavy (non-hydrogen) atoms. The van der Waals surface area contributed by atoms with Crippen molar-refractivity contribution in [1.29, 1.82) is 0 Å². The topological polar surface area (TPSA) is 35.5 Å². The van der Waals surface area contributed by atoms with Crippen LogP contribution in [-0.2, 0) is 14.3 Å². The Morgan fingerprint density at radius 2 is 1.92 bits per heavy atom. The summed E-state index contributed by atoms with van der Waals surface area (Å²) in [6.45, 7) is 5.72. The highest BCUT2D eigenvalue weighted by Crippen LogP contribution is 2.24. The van der Waals surface area contributed by atoms with E-state index in [1.807, 2.05) is 20.8 Å². The minimum absolute atomic E-state index is 0.188. The van der Waals surface area contributed by atoms with Gasteiger partial charge in [0.1, 0.15) is 0 Å². The maximum absolute atomic E-state index is 11.2. The molecule has 0 amide bonds. The molecule has 72 valence electrons. The van der Waals surface area contributed by atoms with Crippen molar-refractivity contribution in [3.05, 3.63) is 0 Å². The average Bonchev–Trinajstić information content (AvgIpc) is 2.05. The van der Waals surface area contributed by atoms with Crippen LogP contribution in [0.15, 0.2) is 0 Å². The molecule has 0 spiro atoms. The van der Waals surface area contributed by atoms with Crippen molar-refractivity contribution >= 4 is 5.97 Å². The second-order valence-corrected chi connectivity index (χ2v) is 3.29. The molecule has 0 fully saturated rings. The molecule has 0 aromatic rings. The van der Waals surface area contributed by atoms with Gasteiger partial charge in [-0.1, -0.05) is 6.92 Å². The van der Waals surface area contributed by atoms with Gasteiger partial charge in [0.15, 0.2) is 0 Å². The van der Waals surface area contributed by atoms with E-state index in [1.165, 1.54) is 7.11 Å². The fourth-order valence-corrected chi connectivity index (χ4v) is 1.23. The predicted molar refractivity (Wildman–Crippen MR) is 46.9 cm³/mol. The van der Waals surface area contributed by atoms with E-state index in [0.717, 1.165) is 6.42 Å². The largest absolute Gasteiger partial charge is 0.469 e. The standard InChI is InChI=1S/C9H18O3/c1-6-7(8(10)11-4)9(2,3)12-5/h7H,6H2,1-5H3. The van der Waals surface area contributed by atoms with Crippen molar-refractivity contribution in [2.24, 2.45) is 5.92 Å². The minimum atomic E-state index is -0.443. The summed E-state index contributed by atoms with van der Waals surface area (Å²) in [5, 5.41) is 0. The van der Waals surface area contributed by atoms with Crippen LogP contribution in [0, 0.1) is 5.92 Å². The number of hydrogen-bond acceptors (Lipinski definition) is 3. The molecule has 1 atom stereocenters. The molecule has 0 aromatic carbocycles. The van der Waals surface area contributed by atoms with Crippen molar-refractivity contribution in [2.45, 2.75) is 32.8 Å². The minimum Gasteiger partial charge on any atom is -0.469 e. The Balaban J connectivity index is 4.43. The van der Waals surface area contributed by atoms with E-state index in [1.54, 1.807) is 7.11 Å². The predicted octanol–water partition coefficient (Wildman–Crippen LogP) is 1.61. The van der Waals surface area contributed by atoms with Crippen molar-refractivity contribution in [2.75, 3.05) is 14.2 Å². The number of methoxy groups -OCH3 is 2. The van der Waals surface area contributed by atoms with E-state index in [0.29, 0.717) is 0 Å². The SMILES string of the molecule is CCC(C(=O)OC)C(C)(C)OC. The Labute approximate surface area is 74.0 Å². The Morgan fingerprint density at radius 3 is 2.17 bits per heavy atom. The highest BCUT2D eigenvalue weighted by Gasteiger charge is 2.34. The fourth-order valence-electron chi connectivity index (χ4n) is 1.23. The van der Waals surface area contributed by atoms with Crippen LogP contribution in [0.2, 0.25) is 0 Å². The highest BCUT2D eigenvalue weighted by molar-refractivity contribution is 5.73. The van der Waals surface area contributed by atoms with Gasteiger partial charge in [-0.15, -0.1) is 0 Å². The zero-order valence-corrected chi connectivity index (χ0v) is 8.51. The first kappa shape index (κ1) is 11.4. The lowest BCUT2D eigenvalue weighted by molar-refractivity contribution is -0.156. The smallest absolute Gasteiger partial charge is 0.311 e. The molecule has 3 nitrogen and oxygen atoms in total. The Kier molecular flexibility index (Phi) is 4.24. The summed E-state index contributed by atoms with van der Waals surface area (Å²) in [6.07, 6.45) is 0.730. The van der Waals surface area contributed by atoms with E-state index in [9.17, 15) is 4.79 Å². The maximum atomic E-state index is 11.2. The molecule has 3 heteroatoms. The van der Waals surface area contributed by atoms with Gasteiger partial charge in [0, 0.05) is 7.11 Å². The van der Waals surface area contributed by atoms with Gasteiger partial charge in [-0.2, -0.15) is 0 Å². The molecular formula is C9H18O3. The van der Waals surface area contributed by atoms with Gasteiger partial charge in [0.2, 0.25) is 0 Å². The molecule has 0 aliphatic carbocycles. The van der Waals surface area contributed by atoms with Gasteiger partial charge in [-0.05, 0) is 20.3 Å². The maximum Gasteiger partial charge on any atom is 0.311 e. The van der Waals surface area contributed by atoms with Crippen LogP contribution in [-0.4, -0.2) is 25.8 Å². The van der Waals surface area contributed by atoms with Crippen LogP contribution in [0.1, 0.15) is 27.2 Å². The van der Waals surface area contributed by atoms with Crippen molar-refractivity contribution < 1.29 is 14.3 Å². The van der Waals surface area contributed by atoms with Gasteiger partial charge in [-0.3, -0.25) is 4.79 Å². The zero-order valence-electron chi connectivity index (χ0n) is 8.51. The van der Waals surface area contributed by atoms with E-state index in [-0.39, 0.29) is 11.9 Å². The quantitative estimate of drug-likeness (QED) is 0.607. The van der Waals surface area contributed by atoms with Crippen LogP contribution in [0.5, 0.6) is 0 Å². The molecule has 0 rings (SSSR count). The molecule has 1 unspecified atom stereocenters. The molecule has 0 aliphatic rings. The molecule has 0 radical (unpaired) electrons. The summed E-state index contributed by atoms with van der Waals surface area (Å²) in [7, 11) is 3.00. The summed E-state index contributed by atoms with van der Waals surface area (Å²) in [5.74, 6) is -0.392. The molecule has 0 bridgehead atoms. The normalized spacial score (nSPS) is 14.1. The van der Waals surface area contributed by atoms with Gasteiger partial charge in [0.05, 0.1) is 18.6 Å². The molecule has 0 aromatic heterocycles. The third-order valence-corrected chi connectivity index (χ3v) is 2.26. The molecule has 0 heterocycles. The summed E-state index contributed by atoms with van der Waals surface area (Å²) in [5.41, 5.74) is -0.443. The van der Waals surface area contributed by atoms with Crippen molar-refractivity contribution in [1.82, 2.24) is 0 Å². The van der Waals surface area contributed by atoms with E-state index in [2.05, 4.69) is 4.74 Å². The van der Waals surface area contributed by atoms with E-state index >= 15 is 0 Å². The monoisotopic (exact) mass is 174 g/mol. The van der Waals surface area contributed by atoms with Gasteiger partial charge < -0.3 is 9.47 Å². The van der Waals surface area contributed by atoms with Gasteiger partial charge in [0.25, 0.3) is 0 Å². The number of rotatable bonds is 4. The van der Waals surface area contributed by atoms with Crippen molar-refractivity contribution in [3.8, 4) is 0 Å². The Hall–Kier alpha value is -0.570. The lowest BCUT2D eigenvalue weighted by Crippen LogP contribution is -2.38. The van der Waals surface area contributed by atoms with Gasteiger partial charge >= 0.3 is 5.97 Å². The van der Waals surface area contributed by atoms with Crippen LogP contribution in [0.25, 0.3) is 0 Å². The second kappa shape index (κ2) is 4.45. The molecule has 0 N–H and O–H groups in total. The third kappa shape index (κ3) is 2.48. The number of hydrogen-bond donors (Lipinski definition) is 0. The van der Waals surface area contributed by atoms with Crippen molar-refractivity contribution in [3.63, 3.8) is 0 Å². The summed E-state index contributed by atoms with van der Waals surface area (Å²) in [6, 6.07) is 0. The first-order chi connectivity index (χ1) is 5.49. The molecule has 0 saturated carbocycles. The first-order valence-corrected chi connectivity index (χ1v) is 4.12. The lowest BCUT2D eigenvalue weighted by atomic mass is 9.88. The molecule has 0 saturated heterocycles. The number of ether oxygens (including phenoxy) is 2. The van der Waals surface area contributed by atoms with E-state index in [4.69, 9.17) is 4.74 Å². The first-order valence-electron chi connectivity index (χ1n) is 4.12. The number of carbonyl (C=O) groups is 1. The summed E-state index contributed by atoms with van der Waals surface area (Å²) < 4.78 is 9.89. The molecular weight excluding hydrogens is 156 g/mol. The van der Waals surface area contributed by atoms with Crippen LogP contribution < -0.4 is 0 Å². The Bertz CT molecular complexity index is 152. The Morgan fingerprint density at radius 1 is 1.42 bits per heavy atom. The third-order valence-electron chi connectivity index (χ3n) is 2.26. The van der Waals surface area contributed by atoms with Crippen LogP contribution in [0.3, 0.4) is 0 Å². The highest BCUT2D eigenvalue weighted by atomic mass is 16.5. The van der Waals surface area contributed by atoms with Crippen LogP contribution in [0.4, 0.5) is 0 Å². The average molecular weight is 174 g/mol. The fraction of sp³-hybridized carbons (Fsp3) is 0.889. The van der Waals surface area contributed by atoms with Crippen LogP contribution >= 0.6 is 0 Å². The lowest BCUT2D eigenvalue weighted by Gasteiger charge is -2.30.